The van der Waals surface area contributed by atoms with Crippen molar-refractivity contribution in [1.82, 2.24) is 0 Å². The number of methoxy groups -OCH3 is 1. The maximum atomic E-state index is 13.7. The summed E-state index contributed by atoms with van der Waals surface area (Å²) < 4.78 is 177. The van der Waals surface area contributed by atoms with Crippen LogP contribution < -0.4 is 14.0 Å². The van der Waals surface area contributed by atoms with Crippen LogP contribution in [0.4, 0.5) is 52.7 Å². The number of ether oxygens (including phenoxy) is 1. The molecule has 5 nitrogen and oxygen atoms in total. The monoisotopic (exact) mass is 755 g/mol. The van der Waals surface area contributed by atoms with Crippen molar-refractivity contribution in [2.45, 2.75) is 37.4 Å². The molecule has 18 heteroatoms. The lowest BCUT2D eigenvalue weighted by Gasteiger charge is -2.43. The van der Waals surface area contributed by atoms with Crippen molar-refractivity contribution in [2.24, 2.45) is 0 Å². The SMILES string of the molecule is COC(C)(c1cc(C(F)(F)F)ccc1OB(Oc1ccc(C(F)(F)F)cc1)Oc1ccc(C(F)(F)F)cc1)[N+](C)(C)C.FC(F)(F)c1cc[c-]cc1. The Hall–Kier alpha value is -4.58. The summed E-state index contributed by atoms with van der Waals surface area (Å²) in [4.78, 5) is 0. The van der Waals surface area contributed by atoms with Crippen LogP contribution in [0.2, 0.25) is 0 Å². The van der Waals surface area contributed by atoms with Crippen molar-refractivity contribution >= 4 is 7.32 Å². The molecule has 52 heavy (non-hydrogen) atoms. The second-order valence-electron chi connectivity index (χ2n) is 11.9. The minimum absolute atomic E-state index is 0.0502. The molecule has 0 saturated heterocycles. The summed E-state index contributed by atoms with van der Waals surface area (Å²) in [6.45, 7) is 1.51. The largest absolute Gasteiger partial charge is 0.864 e. The summed E-state index contributed by atoms with van der Waals surface area (Å²) in [7, 11) is 4.36. The maximum absolute atomic E-state index is 13.7. The average Bonchev–Trinajstić information content (AvgIpc) is 3.03. The standard InChI is InChI=1S/C27H26BF9NO4.C7H4F3/c1-24(39-5,38(2,3)4)22-16-19(27(35,36)37)10-15-23(22)42-28(40-20-11-6-17(7-12-20)25(29,30)31)41-21-13-8-18(9-14-21)26(32,33)34;8-7(9,10)6-4-2-1-3-5-6/h6-16H,1-5H3;2-5H/q+1;-1. The van der Waals surface area contributed by atoms with Gasteiger partial charge in [-0.2, -0.15) is 83.0 Å². The lowest BCUT2D eigenvalue weighted by Crippen LogP contribution is -2.54. The minimum atomic E-state index is -4.74. The zero-order chi connectivity index (χ0) is 39.3. The van der Waals surface area contributed by atoms with Crippen LogP contribution in [0.3, 0.4) is 0 Å². The van der Waals surface area contributed by atoms with E-state index in [-0.39, 0.29) is 27.3 Å². The van der Waals surface area contributed by atoms with Crippen molar-refractivity contribution < 1.29 is 75.9 Å². The fourth-order valence-corrected chi connectivity index (χ4v) is 4.34. The van der Waals surface area contributed by atoms with E-state index in [0.29, 0.717) is 24.3 Å². The third-order valence-electron chi connectivity index (χ3n) is 7.58. The Balaban J connectivity index is 0.000000626. The van der Waals surface area contributed by atoms with Crippen molar-refractivity contribution in [1.29, 1.82) is 0 Å². The molecule has 1 atom stereocenters. The van der Waals surface area contributed by atoms with Crippen LogP contribution in [0.15, 0.2) is 91.0 Å². The van der Waals surface area contributed by atoms with Gasteiger partial charge in [0.05, 0.1) is 43.4 Å². The predicted octanol–water partition coefficient (Wildman–Crippen LogP) is 10.3. The molecule has 1 unspecified atom stereocenters. The smallest absolute Gasteiger partial charge is 0.490 e. The highest BCUT2D eigenvalue weighted by Gasteiger charge is 2.46. The van der Waals surface area contributed by atoms with Gasteiger partial charge in [-0.3, -0.25) is 4.48 Å². The molecule has 4 aromatic carbocycles. The van der Waals surface area contributed by atoms with Gasteiger partial charge in [0.25, 0.3) is 0 Å². The molecule has 4 aromatic rings. The first-order valence-electron chi connectivity index (χ1n) is 14.7. The normalized spacial score (nSPS) is 13.7. The average molecular weight is 755 g/mol. The molecule has 4 rings (SSSR count). The Morgan fingerprint density at radius 1 is 0.519 bits per heavy atom. The summed E-state index contributed by atoms with van der Waals surface area (Å²) in [6, 6.07) is 16.2. The van der Waals surface area contributed by atoms with Gasteiger partial charge >= 0.3 is 32.0 Å². The van der Waals surface area contributed by atoms with E-state index in [9.17, 15) is 52.7 Å². The lowest BCUT2D eigenvalue weighted by atomic mass is 9.97. The highest BCUT2D eigenvalue weighted by molar-refractivity contribution is 6.39. The van der Waals surface area contributed by atoms with Gasteiger partial charge in [0.1, 0.15) is 17.2 Å². The van der Waals surface area contributed by atoms with Gasteiger partial charge in [0, 0.05) is 14.0 Å². The Kier molecular flexibility index (Phi) is 12.5. The fourth-order valence-electron chi connectivity index (χ4n) is 4.34. The molecule has 0 aliphatic carbocycles. The van der Waals surface area contributed by atoms with E-state index >= 15 is 0 Å². The molecule has 0 aliphatic heterocycles. The van der Waals surface area contributed by atoms with Crippen LogP contribution in [0.25, 0.3) is 0 Å². The number of hydrogen-bond donors (Lipinski definition) is 0. The van der Waals surface area contributed by atoms with Crippen molar-refractivity contribution in [3.05, 3.63) is 125 Å². The van der Waals surface area contributed by atoms with Crippen molar-refractivity contribution in [3.63, 3.8) is 0 Å². The molecule has 0 radical (unpaired) electrons. The molecular weight excluding hydrogens is 725 g/mol. The third kappa shape index (κ3) is 11.0. The molecule has 0 fully saturated rings. The molecule has 0 bridgehead atoms. The van der Waals surface area contributed by atoms with E-state index in [1.807, 2.05) is 0 Å². The zero-order valence-electron chi connectivity index (χ0n) is 27.9. The molecule has 0 amide bonds. The quantitative estimate of drug-likeness (QED) is 0.0561. The van der Waals surface area contributed by atoms with E-state index in [4.69, 9.17) is 18.7 Å². The third-order valence-corrected chi connectivity index (χ3v) is 7.58. The van der Waals surface area contributed by atoms with Crippen LogP contribution in [-0.4, -0.2) is 40.1 Å². The number of quaternary nitrogens is 1. The molecule has 282 valence electrons. The zero-order valence-corrected chi connectivity index (χ0v) is 27.9. The summed E-state index contributed by atoms with van der Waals surface area (Å²) in [5.74, 6) is -0.617. The van der Waals surface area contributed by atoms with Crippen LogP contribution in [0, 0.1) is 6.07 Å². The topological polar surface area (TPSA) is 36.9 Å². The number of alkyl halides is 12. The van der Waals surface area contributed by atoms with E-state index in [2.05, 4.69) is 6.07 Å². The summed E-state index contributed by atoms with van der Waals surface area (Å²) in [6.07, 6.45) is -18.2. The lowest BCUT2D eigenvalue weighted by molar-refractivity contribution is -0.957. The summed E-state index contributed by atoms with van der Waals surface area (Å²) in [5, 5.41) is 0. The maximum Gasteiger partial charge on any atom is 0.864 e. The molecule has 0 aliphatic rings. The second-order valence-corrected chi connectivity index (χ2v) is 11.9. The Labute approximate surface area is 291 Å². The first kappa shape index (κ1) is 41.8. The van der Waals surface area contributed by atoms with E-state index in [1.165, 1.54) is 26.2 Å². The molecule has 0 saturated carbocycles. The van der Waals surface area contributed by atoms with Crippen LogP contribution >= 0.6 is 0 Å². The molecule has 0 spiro atoms. The van der Waals surface area contributed by atoms with Gasteiger partial charge in [0.2, 0.25) is 5.72 Å². The van der Waals surface area contributed by atoms with E-state index in [0.717, 1.165) is 54.6 Å². The first-order chi connectivity index (χ1) is 23.8. The number of nitrogens with zero attached hydrogens (tertiary/aromatic N) is 1. The summed E-state index contributed by atoms with van der Waals surface area (Å²) in [5.41, 5.74) is -5.18. The predicted molar refractivity (Wildman–Crippen MR) is 165 cm³/mol. The number of halogens is 12. The van der Waals surface area contributed by atoms with Crippen LogP contribution in [-0.2, 0) is 35.2 Å². The van der Waals surface area contributed by atoms with Gasteiger partial charge in [0.15, 0.2) is 0 Å². The molecule has 0 aromatic heterocycles. The van der Waals surface area contributed by atoms with Gasteiger partial charge in [-0.05, 0) is 66.7 Å². The first-order valence-corrected chi connectivity index (χ1v) is 14.7. The Morgan fingerprint density at radius 2 is 0.885 bits per heavy atom. The highest BCUT2D eigenvalue weighted by Crippen LogP contribution is 2.42. The Bertz CT molecular complexity index is 1680. The molecule has 0 heterocycles. The van der Waals surface area contributed by atoms with E-state index in [1.54, 1.807) is 21.1 Å². The second kappa shape index (κ2) is 15.6. The number of hydrogen-bond acceptors (Lipinski definition) is 4. The highest BCUT2D eigenvalue weighted by atomic mass is 19.4. The van der Waals surface area contributed by atoms with Crippen molar-refractivity contribution in [3.8, 4) is 17.2 Å². The number of rotatable bonds is 9. The molecular formula is C34H30BF12NO4. The number of benzene rings is 4. The van der Waals surface area contributed by atoms with Gasteiger partial charge in [-0.1, -0.05) is 5.56 Å². The fraction of sp³-hybridized carbons (Fsp3) is 0.294. The van der Waals surface area contributed by atoms with Gasteiger partial charge < -0.3 is 18.7 Å². The van der Waals surface area contributed by atoms with Crippen molar-refractivity contribution in [2.75, 3.05) is 28.3 Å². The van der Waals surface area contributed by atoms with Crippen LogP contribution in [0.1, 0.15) is 34.7 Å². The molecule has 0 N–H and O–H groups in total. The minimum Gasteiger partial charge on any atom is -0.490 e. The van der Waals surface area contributed by atoms with E-state index < -0.39 is 60.0 Å². The van der Waals surface area contributed by atoms with Gasteiger partial charge in [-0.25, -0.2) is 0 Å². The van der Waals surface area contributed by atoms with Crippen LogP contribution in [0.5, 0.6) is 17.2 Å². The van der Waals surface area contributed by atoms with Gasteiger partial charge in [-0.15, -0.1) is 0 Å². The Morgan fingerprint density at radius 3 is 1.21 bits per heavy atom. The summed E-state index contributed by atoms with van der Waals surface area (Å²) >= 11 is 0.